The minimum Gasteiger partial charge on any atom is -0.455 e. The number of aromatic nitrogens is 1. The molecule has 19 rings (SSSR count). The molecule has 1 aliphatic rings. The van der Waals surface area contributed by atoms with Crippen molar-refractivity contribution in [2.24, 2.45) is 0 Å². The van der Waals surface area contributed by atoms with Crippen molar-refractivity contribution in [3.8, 4) is 89.0 Å². The van der Waals surface area contributed by atoms with E-state index < -0.39 is 0 Å². The van der Waals surface area contributed by atoms with E-state index in [1.165, 1.54) is 76.8 Å². The summed E-state index contributed by atoms with van der Waals surface area (Å²) in [5.74, 6) is 0. The highest BCUT2D eigenvalue weighted by atomic mass is 16.3. The highest BCUT2D eigenvalue weighted by molar-refractivity contribution is 6.22. The Bertz CT molecular complexity index is 5880. The molecule has 3 heteroatoms. The Hall–Kier alpha value is -12.3. The average Bonchev–Trinajstić information content (AvgIpc) is 1.72. The number of benzene rings is 15. The topological polar surface area (TPSA) is 31.2 Å². The third kappa shape index (κ3) is 9.19. The first kappa shape index (κ1) is 54.4. The molecule has 3 nitrogen and oxygen atoms in total. The third-order valence-corrected chi connectivity index (χ3v) is 19.9. The summed E-state index contributed by atoms with van der Waals surface area (Å²) in [6.07, 6.45) is 7.81. The maximum absolute atomic E-state index is 7.08. The lowest BCUT2D eigenvalue weighted by Crippen LogP contribution is -2.09. The van der Waals surface area contributed by atoms with Crippen molar-refractivity contribution in [2.75, 3.05) is 0 Å². The summed E-state index contributed by atoms with van der Waals surface area (Å²) >= 11 is 0. The van der Waals surface area contributed by atoms with E-state index in [1.807, 2.05) is 0 Å². The van der Waals surface area contributed by atoms with Gasteiger partial charge >= 0.3 is 0 Å². The summed E-state index contributed by atoms with van der Waals surface area (Å²) in [5, 5.41) is 11.7. The van der Waals surface area contributed by atoms with Crippen LogP contribution in [0.25, 0.3) is 182 Å². The molecule has 15 aromatic carbocycles. The normalized spacial score (nSPS) is 13.3. The lowest BCUT2D eigenvalue weighted by atomic mass is 9.84. The quantitative estimate of drug-likeness (QED) is 0.128. The second kappa shape index (κ2) is 22.2. The van der Waals surface area contributed by atoms with Crippen LogP contribution in [-0.2, 0) is 0 Å². The number of hydrogen-bond donors (Lipinski definition) is 0. The van der Waals surface area contributed by atoms with Gasteiger partial charge in [0, 0.05) is 43.4 Å². The van der Waals surface area contributed by atoms with Crippen LogP contribution in [0.4, 0.5) is 0 Å². The first-order valence-corrected chi connectivity index (χ1v) is 32.9. The van der Waals surface area contributed by atoms with Crippen LogP contribution < -0.4 is 0 Å². The van der Waals surface area contributed by atoms with Crippen LogP contribution in [0.3, 0.4) is 0 Å². The molecule has 3 aromatic heterocycles. The van der Waals surface area contributed by atoms with Gasteiger partial charge in [0.2, 0.25) is 0 Å². The molecule has 1 unspecified atom stereocenters. The number of allylic oxidation sites excluding steroid dienone is 4. The SMILES string of the molecule is C1=CC(n2c3cc(-c4cc(-c5ccccc5)cc5c4oc4ccc(-c6ccccc6)cc45)ccc3c3ccc(-c4cc(-c5ccccc5)cc5c4oc4ccc(-c6ccccc6)cc45)cc32)CC(c2ccc3c(-c4ccccc4)c4ccccc4c(-c4ccccc4)c3c2)=C1. The lowest BCUT2D eigenvalue weighted by molar-refractivity contribution is 0.656. The molecule has 0 radical (unpaired) electrons. The van der Waals surface area contributed by atoms with Crippen molar-refractivity contribution in [1.82, 2.24) is 4.57 Å². The maximum atomic E-state index is 7.08. The minimum absolute atomic E-state index is 0.0714. The van der Waals surface area contributed by atoms with E-state index in [4.69, 9.17) is 8.83 Å². The fourth-order valence-electron chi connectivity index (χ4n) is 15.4. The molecule has 0 saturated heterocycles. The molecule has 0 fully saturated rings. The summed E-state index contributed by atoms with van der Waals surface area (Å²) in [6, 6.07) is 118. The minimum atomic E-state index is -0.0714. The van der Waals surface area contributed by atoms with Crippen LogP contribution in [-0.4, -0.2) is 4.57 Å². The second-order valence-corrected chi connectivity index (χ2v) is 25.4. The van der Waals surface area contributed by atoms with E-state index in [0.29, 0.717) is 0 Å². The molecule has 0 bridgehead atoms. The summed E-state index contributed by atoms with van der Waals surface area (Å²) in [6.45, 7) is 0. The number of rotatable bonds is 10. The van der Waals surface area contributed by atoms with Crippen molar-refractivity contribution < 1.29 is 8.83 Å². The van der Waals surface area contributed by atoms with Crippen molar-refractivity contribution >= 4 is 92.8 Å². The molecule has 0 saturated carbocycles. The van der Waals surface area contributed by atoms with Gasteiger partial charge in [0.25, 0.3) is 0 Å². The first-order valence-electron chi connectivity index (χ1n) is 32.9. The van der Waals surface area contributed by atoms with Gasteiger partial charge in [-0.15, -0.1) is 0 Å². The largest absolute Gasteiger partial charge is 0.455 e. The van der Waals surface area contributed by atoms with Crippen LogP contribution >= 0.6 is 0 Å². The molecule has 0 spiro atoms. The predicted molar refractivity (Wildman–Crippen MR) is 400 cm³/mol. The highest BCUT2D eigenvalue weighted by Crippen LogP contribution is 2.49. The second-order valence-electron chi connectivity index (χ2n) is 25.4. The molecule has 0 N–H and O–H groups in total. The molecule has 0 amide bonds. The zero-order valence-electron chi connectivity index (χ0n) is 51.9. The number of fused-ring (bicyclic) bond motifs is 11. The summed E-state index contributed by atoms with van der Waals surface area (Å²) < 4.78 is 16.8. The fraction of sp³-hybridized carbons (Fsp3) is 0.0217. The standard InChI is InChI=1S/C92H59NO2/c1-7-22-58(23-8-1)65-41-46-87-80(49-65)83-54-70(60-26-11-3-12-27-60)52-78(91(83)94-87)68-39-43-73-74-44-40-69(79-53-71(61-28-13-4-14-29-61)55-84-81-50-66(59-24-9-2-10-25-59)42-47-88(81)95-92(79)84)57-86(74)93(85(73)56-68)72-35-21-34-64(48-72)67-38-45-77-82(51-67)90(63-32-17-6-18-33-63)76-37-20-19-36-75(76)89(77)62-30-15-5-16-31-62/h1-47,49-57,72H,48H2. The molecule has 3 heterocycles. The summed E-state index contributed by atoms with van der Waals surface area (Å²) in [7, 11) is 0. The number of furan rings is 2. The van der Waals surface area contributed by atoms with Gasteiger partial charge in [-0.1, -0.05) is 273 Å². The van der Waals surface area contributed by atoms with Gasteiger partial charge < -0.3 is 13.4 Å². The fourth-order valence-corrected chi connectivity index (χ4v) is 15.4. The molecular formula is C92H59NO2. The van der Waals surface area contributed by atoms with E-state index in [0.717, 1.165) is 117 Å². The Morgan fingerprint density at radius 1 is 0.253 bits per heavy atom. The van der Waals surface area contributed by atoms with Crippen LogP contribution in [0.5, 0.6) is 0 Å². The van der Waals surface area contributed by atoms with Crippen molar-refractivity contribution in [2.45, 2.75) is 12.5 Å². The zero-order chi connectivity index (χ0) is 62.5. The van der Waals surface area contributed by atoms with Crippen molar-refractivity contribution in [3.63, 3.8) is 0 Å². The molecule has 1 aliphatic carbocycles. The maximum Gasteiger partial charge on any atom is 0.143 e. The molecule has 18 aromatic rings. The van der Waals surface area contributed by atoms with Gasteiger partial charge in [-0.3, -0.25) is 0 Å². The van der Waals surface area contributed by atoms with Gasteiger partial charge in [0.1, 0.15) is 22.3 Å². The Balaban J connectivity index is 0.828. The number of nitrogens with zero attached hydrogens (tertiary/aromatic N) is 1. The molecule has 1 atom stereocenters. The molecule has 0 aliphatic heterocycles. The Morgan fingerprint density at radius 2 is 0.611 bits per heavy atom. The van der Waals surface area contributed by atoms with Crippen LogP contribution in [0.2, 0.25) is 0 Å². The van der Waals surface area contributed by atoms with Gasteiger partial charge in [-0.25, -0.2) is 0 Å². The van der Waals surface area contributed by atoms with Crippen molar-refractivity contribution in [1.29, 1.82) is 0 Å². The third-order valence-electron chi connectivity index (χ3n) is 19.9. The molecule has 95 heavy (non-hydrogen) atoms. The van der Waals surface area contributed by atoms with E-state index in [1.54, 1.807) is 0 Å². The van der Waals surface area contributed by atoms with Gasteiger partial charge in [-0.2, -0.15) is 0 Å². The predicted octanol–water partition coefficient (Wildman–Crippen LogP) is 25.8. The molecule has 444 valence electrons. The highest BCUT2D eigenvalue weighted by Gasteiger charge is 2.26. The smallest absolute Gasteiger partial charge is 0.143 e. The van der Waals surface area contributed by atoms with Crippen LogP contribution in [0, 0.1) is 0 Å². The monoisotopic (exact) mass is 1210 g/mol. The Labute approximate surface area is 549 Å². The average molecular weight is 1210 g/mol. The van der Waals surface area contributed by atoms with Gasteiger partial charge in [-0.05, 0) is 184 Å². The lowest BCUT2D eigenvalue weighted by Gasteiger charge is -2.24. The summed E-state index contributed by atoms with van der Waals surface area (Å²) in [5.41, 5.74) is 26.7. The van der Waals surface area contributed by atoms with Gasteiger partial charge in [0.05, 0.1) is 17.1 Å². The van der Waals surface area contributed by atoms with E-state index in [2.05, 4.69) is 344 Å². The summed E-state index contributed by atoms with van der Waals surface area (Å²) in [4.78, 5) is 0. The van der Waals surface area contributed by atoms with E-state index in [-0.39, 0.29) is 6.04 Å². The number of hydrogen-bond acceptors (Lipinski definition) is 2. The van der Waals surface area contributed by atoms with Crippen molar-refractivity contribution in [3.05, 3.63) is 345 Å². The Kier molecular flexibility index (Phi) is 12.7. The first-order chi connectivity index (χ1) is 47.1. The van der Waals surface area contributed by atoms with E-state index >= 15 is 0 Å². The van der Waals surface area contributed by atoms with Crippen LogP contribution in [0.15, 0.2) is 349 Å². The Morgan fingerprint density at radius 3 is 1.07 bits per heavy atom. The van der Waals surface area contributed by atoms with E-state index in [9.17, 15) is 0 Å². The van der Waals surface area contributed by atoms with Crippen LogP contribution in [0.1, 0.15) is 18.0 Å². The van der Waals surface area contributed by atoms with Gasteiger partial charge in [0.15, 0.2) is 0 Å². The molecular weight excluding hydrogens is 1150 g/mol. The zero-order valence-corrected chi connectivity index (χ0v) is 51.9.